The van der Waals surface area contributed by atoms with Crippen molar-refractivity contribution in [3.63, 3.8) is 0 Å². The minimum absolute atomic E-state index is 0.589. The Morgan fingerprint density at radius 2 is 1.26 bits per heavy atom. The number of benzene rings is 2. The van der Waals surface area contributed by atoms with Gasteiger partial charge in [0.15, 0.2) is 0 Å². The van der Waals surface area contributed by atoms with Crippen LogP contribution in [0.5, 0.6) is 0 Å². The Morgan fingerprint density at radius 3 is 1.81 bits per heavy atom. The van der Waals surface area contributed by atoms with Crippen molar-refractivity contribution >= 4 is 18.4 Å². The summed E-state index contributed by atoms with van der Waals surface area (Å²) in [5, 5.41) is 19.1. The van der Waals surface area contributed by atoms with Crippen molar-refractivity contribution in [3.8, 4) is 33.1 Å². The van der Waals surface area contributed by atoms with Crippen molar-refractivity contribution in [3.05, 3.63) is 59.2 Å². The van der Waals surface area contributed by atoms with E-state index in [1.165, 1.54) is 51.8 Å². The molecule has 0 spiro atoms. The minimum atomic E-state index is -2.54. The molecule has 0 saturated carbocycles. The van der Waals surface area contributed by atoms with Crippen LogP contribution in [-0.4, -0.2) is 18.4 Å². The summed E-state index contributed by atoms with van der Waals surface area (Å²) in [7, 11) is 0. The summed E-state index contributed by atoms with van der Waals surface area (Å²) in [4.78, 5) is 0. The average Bonchev–Trinajstić information content (AvgIpc) is 2.83. The van der Waals surface area contributed by atoms with Crippen LogP contribution in [0.15, 0.2) is 42.5 Å². The molecule has 0 unspecified atom stereocenters. The SMILES string of the molecule is CCC[CH2][Sn]([C]#Cc1ccc(C#N)c(-c2ccccc2C#N)c1)([CH2]CCC)[CH2]CCC. The number of hydrogen-bond donors (Lipinski definition) is 0. The molecule has 0 amide bonds. The second-order valence-corrected chi connectivity index (χ2v) is 20.7. The Morgan fingerprint density at radius 1 is 0.710 bits per heavy atom. The summed E-state index contributed by atoms with van der Waals surface area (Å²) < 4.78 is 7.99. The Labute approximate surface area is 193 Å². The summed E-state index contributed by atoms with van der Waals surface area (Å²) in [5.41, 5.74) is 3.76. The molecular formula is C28H34N2Sn. The fraction of sp³-hybridized carbons (Fsp3) is 0.429. The molecule has 0 radical (unpaired) electrons. The molecule has 0 N–H and O–H groups in total. The number of nitriles is 2. The molecular weight excluding hydrogens is 483 g/mol. The predicted octanol–water partition coefficient (Wildman–Crippen LogP) is 7.84. The van der Waals surface area contributed by atoms with E-state index < -0.39 is 18.4 Å². The first kappa shape index (κ1) is 25.0. The Kier molecular flexibility index (Phi) is 10.7. The van der Waals surface area contributed by atoms with E-state index in [2.05, 4.69) is 42.8 Å². The van der Waals surface area contributed by atoms with Crippen LogP contribution in [0.25, 0.3) is 11.1 Å². The van der Waals surface area contributed by atoms with Crippen molar-refractivity contribution in [1.29, 1.82) is 10.5 Å². The molecule has 0 aliphatic carbocycles. The van der Waals surface area contributed by atoms with Gasteiger partial charge in [0, 0.05) is 0 Å². The third kappa shape index (κ3) is 7.16. The number of hydrogen-bond acceptors (Lipinski definition) is 2. The number of unbranched alkanes of at least 4 members (excludes halogenated alkanes) is 3. The van der Waals surface area contributed by atoms with Crippen molar-refractivity contribution in [2.24, 2.45) is 0 Å². The fourth-order valence-electron chi connectivity index (χ4n) is 4.07. The molecule has 0 saturated heterocycles. The monoisotopic (exact) mass is 518 g/mol. The second-order valence-electron chi connectivity index (χ2n) is 8.37. The average molecular weight is 517 g/mol. The van der Waals surface area contributed by atoms with Crippen LogP contribution in [0.4, 0.5) is 0 Å². The van der Waals surface area contributed by atoms with E-state index in [4.69, 9.17) is 0 Å². The first-order valence-electron chi connectivity index (χ1n) is 11.7. The predicted molar refractivity (Wildman–Crippen MR) is 133 cm³/mol. The van der Waals surface area contributed by atoms with Gasteiger partial charge in [0.25, 0.3) is 0 Å². The molecule has 160 valence electrons. The van der Waals surface area contributed by atoms with Gasteiger partial charge in [0.1, 0.15) is 0 Å². The number of rotatable bonds is 10. The van der Waals surface area contributed by atoms with E-state index in [0.717, 1.165) is 16.7 Å². The Balaban J connectivity index is 2.50. The standard InChI is InChI=1S/C16H7N2.3C4H9.Sn/c1-2-12-7-8-14(11-18)16(9-12)15-6-4-3-5-13(15)10-17;3*1-3-4-2;/h3-9H;3*1,3-4H2,2H3;. The van der Waals surface area contributed by atoms with Crippen LogP contribution in [0.1, 0.15) is 76.0 Å². The van der Waals surface area contributed by atoms with Gasteiger partial charge >= 0.3 is 194 Å². The zero-order chi connectivity index (χ0) is 22.5. The fourth-order valence-corrected chi connectivity index (χ4v) is 17.3. The van der Waals surface area contributed by atoms with Gasteiger partial charge in [-0.1, -0.05) is 0 Å². The Bertz CT molecular complexity index is 976. The van der Waals surface area contributed by atoms with E-state index in [1.54, 1.807) is 6.07 Å². The normalized spacial score (nSPS) is 10.6. The molecule has 31 heavy (non-hydrogen) atoms. The molecule has 2 aromatic carbocycles. The number of nitrogens with zero attached hydrogens (tertiary/aromatic N) is 2. The molecule has 3 heteroatoms. The van der Waals surface area contributed by atoms with E-state index in [9.17, 15) is 10.5 Å². The van der Waals surface area contributed by atoms with Crippen molar-refractivity contribution in [2.75, 3.05) is 0 Å². The van der Waals surface area contributed by atoms with Gasteiger partial charge in [-0.2, -0.15) is 0 Å². The van der Waals surface area contributed by atoms with Crippen LogP contribution >= 0.6 is 0 Å². The van der Waals surface area contributed by atoms with Crippen molar-refractivity contribution in [2.45, 2.75) is 72.6 Å². The third-order valence-corrected chi connectivity index (χ3v) is 19.1. The zero-order valence-corrected chi connectivity index (χ0v) is 22.2. The van der Waals surface area contributed by atoms with Crippen LogP contribution in [0, 0.1) is 32.5 Å². The summed E-state index contributed by atoms with van der Waals surface area (Å²) >= 11 is -2.54. The molecule has 0 aromatic heterocycles. The molecule has 2 aromatic rings. The van der Waals surface area contributed by atoms with Gasteiger partial charge in [-0.05, 0) is 0 Å². The summed E-state index contributed by atoms with van der Waals surface area (Å²) in [5.74, 6) is 3.56. The van der Waals surface area contributed by atoms with Gasteiger partial charge in [0.05, 0.1) is 0 Å². The van der Waals surface area contributed by atoms with E-state index in [1.807, 2.05) is 36.4 Å². The van der Waals surface area contributed by atoms with Gasteiger partial charge < -0.3 is 0 Å². The van der Waals surface area contributed by atoms with Crippen LogP contribution in [-0.2, 0) is 0 Å². The topological polar surface area (TPSA) is 47.6 Å². The van der Waals surface area contributed by atoms with Gasteiger partial charge in [-0.3, -0.25) is 0 Å². The maximum absolute atomic E-state index is 9.63. The molecule has 0 fully saturated rings. The molecule has 0 aliphatic rings. The zero-order valence-electron chi connectivity index (χ0n) is 19.3. The van der Waals surface area contributed by atoms with Crippen molar-refractivity contribution in [1.82, 2.24) is 0 Å². The van der Waals surface area contributed by atoms with Gasteiger partial charge in [0.2, 0.25) is 0 Å². The van der Waals surface area contributed by atoms with Crippen LogP contribution < -0.4 is 0 Å². The van der Waals surface area contributed by atoms with Crippen molar-refractivity contribution < 1.29 is 0 Å². The molecule has 2 nitrogen and oxygen atoms in total. The second kappa shape index (κ2) is 13.2. The van der Waals surface area contributed by atoms with E-state index in [-0.39, 0.29) is 0 Å². The third-order valence-electron chi connectivity index (χ3n) is 5.98. The molecule has 0 bridgehead atoms. The van der Waals surface area contributed by atoms with Crippen LogP contribution in [0.2, 0.25) is 13.3 Å². The van der Waals surface area contributed by atoms with Gasteiger partial charge in [-0.25, -0.2) is 0 Å². The summed E-state index contributed by atoms with van der Waals surface area (Å²) in [6.45, 7) is 6.84. The molecule has 0 atom stereocenters. The molecule has 0 heterocycles. The summed E-state index contributed by atoms with van der Waals surface area (Å²) in [6, 6.07) is 17.9. The first-order valence-corrected chi connectivity index (χ1v) is 19.2. The van der Waals surface area contributed by atoms with Crippen LogP contribution in [0.3, 0.4) is 0 Å². The van der Waals surface area contributed by atoms with Gasteiger partial charge in [-0.15, -0.1) is 0 Å². The Hall–Kier alpha value is -2.22. The molecule has 0 aliphatic heterocycles. The van der Waals surface area contributed by atoms with E-state index >= 15 is 0 Å². The van der Waals surface area contributed by atoms with E-state index in [0.29, 0.717) is 11.1 Å². The summed E-state index contributed by atoms with van der Waals surface area (Å²) in [6.07, 6.45) is 7.62. The first-order chi connectivity index (χ1) is 15.1. The molecule has 2 rings (SSSR count). The maximum atomic E-state index is 9.63. The quantitative estimate of drug-likeness (QED) is 0.238.